The number of rotatable bonds is 4. The molecule has 3 heterocycles. The van der Waals surface area contributed by atoms with Gasteiger partial charge in [0.25, 0.3) is 5.56 Å². The summed E-state index contributed by atoms with van der Waals surface area (Å²) in [5, 5.41) is 11.9. The smallest absolute Gasteiger partial charge is 0.263 e. The Labute approximate surface area is 351 Å². The molecule has 1 aliphatic rings. The van der Waals surface area contributed by atoms with Gasteiger partial charge in [-0.3, -0.25) is 9.20 Å². The fourth-order valence-corrected chi connectivity index (χ4v) is 11.4. The van der Waals surface area contributed by atoms with Gasteiger partial charge in [-0.1, -0.05) is 167 Å². The minimum atomic E-state index is -0.155. The average Bonchev–Trinajstić information content (AvgIpc) is 3.90. The Bertz CT molecular complexity index is 4020. The van der Waals surface area contributed by atoms with Gasteiger partial charge in [0.1, 0.15) is 0 Å². The van der Waals surface area contributed by atoms with Gasteiger partial charge in [0, 0.05) is 49.0 Å². The molecular weight excluding hydrogens is 741 g/mol. The summed E-state index contributed by atoms with van der Waals surface area (Å²) in [6.45, 7) is 13.4. The summed E-state index contributed by atoms with van der Waals surface area (Å²) in [5.41, 5.74) is 14.6. The lowest BCUT2D eigenvalue weighted by Gasteiger charge is -2.22. The van der Waals surface area contributed by atoms with E-state index in [0.717, 1.165) is 93.0 Å². The van der Waals surface area contributed by atoms with Gasteiger partial charge < -0.3 is 4.57 Å². The lowest BCUT2D eigenvalue weighted by molar-refractivity contribution is 0.661. The molecule has 0 atom stereocenters. The number of aromatic nitrogens is 2. The number of hydrogen-bond acceptors (Lipinski definition) is 1. The number of hydrogen-bond donors (Lipinski definition) is 0. The molecule has 0 bridgehead atoms. The van der Waals surface area contributed by atoms with Crippen LogP contribution in [-0.4, -0.2) is 8.97 Å². The summed E-state index contributed by atoms with van der Waals surface area (Å²) in [5.74, 6) is 0. The maximum Gasteiger partial charge on any atom is 0.263 e. The van der Waals surface area contributed by atoms with E-state index in [1.54, 1.807) is 0 Å². The van der Waals surface area contributed by atoms with Gasteiger partial charge in [0.15, 0.2) is 0 Å². The Balaban J connectivity index is 1.22. The zero-order valence-electron chi connectivity index (χ0n) is 33.9. The van der Waals surface area contributed by atoms with Crippen molar-refractivity contribution in [1.82, 2.24) is 8.97 Å². The molecule has 0 fully saturated rings. The van der Waals surface area contributed by atoms with Crippen molar-refractivity contribution in [2.75, 3.05) is 0 Å². The molecule has 0 aliphatic heterocycles. The predicted molar refractivity (Wildman–Crippen MR) is 260 cm³/mol. The Morgan fingerprint density at radius 2 is 1.08 bits per heavy atom. The summed E-state index contributed by atoms with van der Waals surface area (Å²) in [6.07, 6.45) is 3.97. The Morgan fingerprint density at radius 1 is 0.475 bits per heavy atom. The molecule has 13 rings (SSSR count). The predicted octanol–water partition coefficient (Wildman–Crippen LogP) is 14.9. The van der Waals surface area contributed by atoms with Crippen molar-refractivity contribution >= 4 is 93.5 Å². The topological polar surface area (TPSA) is 26.4 Å². The summed E-state index contributed by atoms with van der Waals surface area (Å²) < 4.78 is 4.46. The van der Waals surface area contributed by atoms with Gasteiger partial charge in [-0.2, -0.15) is 0 Å². The molecule has 3 aromatic heterocycles. The Hall–Kier alpha value is -7.75. The van der Waals surface area contributed by atoms with Crippen LogP contribution in [0.4, 0.5) is 0 Å². The van der Waals surface area contributed by atoms with Gasteiger partial charge in [0.2, 0.25) is 0 Å². The maximum absolute atomic E-state index is 14.6. The summed E-state index contributed by atoms with van der Waals surface area (Å²) >= 11 is 0. The first-order valence-electron chi connectivity index (χ1n) is 21.0. The average molecular weight is 779 g/mol. The van der Waals surface area contributed by atoms with Crippen molar-refractivity contribution in [2.45, 2.75) is 19.3 Å². The van der Waals surface area contributed by atoms with E-state index in [2.05, 4.69) is 171 Å². The highest BCUT2D eigenvalue weighted by atomic mass is 16.1. The van der Waals surface area contributed by atoms with Crippen molar-refractivity contribution in [1.29, 1.82) is 0 Å². The normalized spacial score (nSPS) is 13.4. The second kappa shape index (κ2) is 11.9. The van der Waals surface area contributed by atoms with Crippen LogP contribution in [-0.2, 0) is 5.41 Å². The molecule has 0 spiro atoms. The quantitative estimate of drug-likeness (QED) is 0.163. The van der Waals surface area contributed by atoms with Crippen molar-refractivity contribution in [3.63, 3.8) is 0 Å². The standard InChI is InChI=1S/C58H38N2O/c1-5-35-36(6-2)48-32-34(59-51-25-14-12-18-39(51)44-28-29-50-54(56(44)59)46-21-11-13-24-49(46)58(50,3)4)31-47(53(48)41-19-9-7-16-37(35)41)33-26-27-40-43-23-15-22-42-38-17-8-10-20-45(38)57(61)60(55(42)43)52(40)30-33/h5-32H,1-2H2,3-4H3. The van der Waals surface area contributed by atoms with E-state index >= 15 is 0 Å². The van der Waals surface area contributed by atoms with Crippen LogP contribution in [0, 0.1) is 0 Å². The van der Waals surface area contributed by atoms with Crippen LogP contribution in [0.5, 0.6) is 0 Å². The molecule has 0 saturated heterocycles. The third-order valence-electron chi connectivity index (χ3n) is 14.0. The number of para-hydroxylation sites is 2. The van der Waals surface area contributed by atoms with Crippen molar-refractivity contribution in [3.05, 3.63) is 203 Å². The molecular formula is C58H38N2O. The second-order valence-corrected chi connectivity index (χ2v) is 17.2. The van der Waals surface area contributed by atoms with E-state index in [-0.39, 0.29) is 11.0 Å². The van der Waals surface area contributed by atoms with Crippen LogP contribution < -0.4 is 5.56 Å². The van der Waals surface area contributed by atoms with E-state index in [1.165, 1.54) is 38.5 Å². The van der Waals surface area contributed by atoms with Crippen LogP contribution >= 0.6 is 0 Å². The van der Waals surface area contributed by atoms with E-state index in [0.29, 0.717) is 0 Å². The minimum Gasteiger partial charge on any atom is -0.309 e. The molecule has 1 aliphatic carbocycles. The van der Waals surface area contributed by atoms with E-state index in [9.17, 15) is 4.79 Å². The molecule has 286 valence electrons. The highest BCUT2D eigenvalue weighted by molar-refractivity contribution is 6.24. The van der Waals surface area contributed by atoms with E-state index in [4.69, 9.17) is 0 Å². The van der Waals surface area contributed by atoms with Crippen molar-refractivity contribution in [2.24, 2.45) is 0 Å². The zero-order chi connectivity index (χ0) is 40.9. The monoisotopic (exact) mass is 778 g/mol. The first kappa shape index (κ1) is 34.1. The van der Waals surface area contributed by atoms with Crippen molar-refractivity contribution in [3.8, 4) is 27.9 Å². The molecule has 0 unspecified atom stereocenters. The molecule has 0 radical (unpaired) electrons. The third-order valence-corrected chi connectivity index (χ3v) is 14.0. The van der Waals surface area contributed by atoms with E-state index in [1.807, 2.05) is 34.8 Å². The van der Waals surface area contributed by atoms with Crippen LogP contribution in [0.1, 0.15) is 36.1 Å². The minimum absolute atomic E-state index is 0.00224. The number of nitrogens with zero attached hydrogens (tertiary/aromatic N) is 2. The van der Waals surface area contributed by atoms with Crippen molar-refractivity contribution < 1.29 is 0 Å². The highest BCUT2D eigenvalue weighted by Gasteiger charge is 2.37. The summed E-state index contributed by atoms with van der Waals surface area (Å²) in [7, 11) is 0. The summed E-state index contributed by atoms with van der Waals surface area (Å²) in [6, 6.07) is 56.9. The Kier molecular flexibility index (Phi) is 6.68. The molecule has 61 heavy (non-hydrogen) atoms. The van der Waals surface area contributed by atoms with Gasteiger partial charge >= 0.3 is 0 Å². The number of benzene rings is 9. The van der Waals surface area contributed by atoms with Crippen LogP contribution in [0.3, 0.4) is 0 Å². The first-order chi connectivity index (χ1) is 29.9. The second-order valence-electron chi connectivity index (χ2n) is 17.2. The fraction of sp³-hybridized carbons (Fsp3) is 0.0517. The Morgan fingerprint density at radius 3 is 1.89 bits per heavy atom. The van der Waals surface area contributed by atoms with Gasteiger partial charge in [-0.25, -0.2) is 0 Å². The molecule has 3 heteroatoms. The fourth-order valence-electron chi connectivity index (χ4n) is 11.4. The molecule has 0 N–H and O–H groups in total. The molecule has 0 amide bonds. The summed E-state index contributed by atoms with van der Waals surface area (Å²) in [4.78, 5) is 14.6. The van der Waals surface area contributed by atoms with Crippen LogP contribution in [0.25, 0.3) is 121 Å². The maximum atomic E-state index is 14.6. The third kappa shape index (κ3) is 4.25. The largest absolute Gasteiger partial charge is 0.309 e. The molecule has 12 aromatic rings. The lowest BCUT2D eigenvalue weighted by Crippen LogP contribution is -2.14. The van der Waals surface area contributed by atoms with Gasteiger partial charge in [0.05, 0.1) is 22.1 Å². The SMILES string of the molecule is C=Cc1c(C=C)c2cc(-n3c4ccccc4c4ccc5c(c43)-c3ccccc3C5(C)C)cc(-c3ccc4c5cccc6c7ccccc7c(=O)n(c4c3)c65)c2c2ccccc12. The number of pyridine rings is 1. The van der Waals surface area contributed by atoms with Crippen LogP contribution in [0.15, 0.2) is 176 Å². The lowest BCUT2D eigenvalue weighted by atomic mass is 9.82. The first-order valence-corrected chi connectivity index (χ1v) is 21.0. The molecule has 3 nitrogen and oxygen atoms in total. The molecule has 0 saturated carbocycles. The molecule has 9 aromatic carbocycles. The van der Waals surface area contributed by atoms with Crippen LogP contribution in [0.2, 0.25) is 0 Å². The van der Waals surface area contributed by atoms with Gasteiger partial charge in [-0.05, 0) is 96.2 Å². The van der Waals surface area contributed by atoms with E-state index < -0.39 is 0 Å². The van der Waals surface area contributed by atoms with Gasteiger partial charge in [-0.15, -0.1) is 0 Å². The number of fused-ring (bicyclic) bond motifs is 15. The highest BCUT2D eigenvalue weighted by Crippen LogP contribution is 2.53. The zero-order valence-corrected chi connectivity index (χ0v) is 33.9.